The Morgan fingerprint density at radius 3 is 1.50 bits per heavy atom. The third-order valence-electron chi connectivity index (χ3n) is 4.20. The first-order valence-corrected chi connectivity index (χ1v) is 9.55. The van der Waals surface area contributed by atoms with Crippen molar-refractivity contribution in [1.29, 1.82) is 0 Å². The summed E-state index contributed by atoms with van der Waals surface area (Å²) in [5.74, 6) is -1.14. The van der Waals surface area contributed by atoms with Crippen LogP contribution >= 0.6 is 0 Å². The molecule has 0 N–H and O–H groups in total. The summed E-state index contributed by atoms with van der Waals surface area (Å²) in [6.07, 6.45) is 10.6. The Labute approximate surface area is 168 Å². The van der Waals surface area contributed by atoms with Crippen LogP contribution in [-0.2, 0) is 9.47 Å². The zero-order valence-corrected chi connectivity index (χ0v) is 16.5. The zero-order chi connectivity index (χ0) is 20.8. The van der Waals surface area contributed by atoms with E-state index in [0.29, 0.717) is 12.8 Å². The number of rotatable bonds is 14. The average molecular weight is 383 g/mol. The second-order valence-electron chi connectivity index (χ2n) is 6.34. The Bertz CT molecular complexity index is 631. The van der Waals surface area contributed by atoms with Crippen molar-refractivity contribution >= 4 is 11.9 Å². The largest absolute Gasteiger partial charge is 0.455 e. The minimum atomic E-state index is -0.571. The van der Waals surface area contributed by atoms with Gasteiger partial charge in [0.05, 0.1) is 11.1 Å². The van der Waals surface area contributed by atoms with Crippen LogP contribution in [0, 0.1) is 0 Å². The number of benzene rings is 1. The average Bonchev–Trinajstić information content (AvgIpc) is 2.72. The summed E-state index contributed by atoms with van der Waals surface area (Å²) < 4.78 is 11.0. The van der Waals surface area contributed by atoms with Gasteiger partial charge in [-0.05, 0) is 50.7 Å². The first-order valence-electron chi connectivity index (χ1n) is 9.55. The van der Waals surface area contributed by atoms with E-state index in [1.54, 1.807) is 36.4 Å². The van der Waals surface area contributed by atoms with Gasteiger partial charge in [-0.3, -0.25) is 0 Å². The first-order chi connectivity index (χ1) is 13.6. The van der Waals surface area contributed by atoms with Crippen LogP contribution in [-0.4, -0.2) is 24.1 Å². The Balaban J connectivity index is 2.84. The first kappa shape index (κ1) is 23.2. The fourth-order valence-corrected chi connectivity index (χ4v) is 2.62. The number of allylic oxidation sites excluding steroid dienone is 2. The topological polar surface area (TPSA) is 52.6 Å². The minimum Gasteiger partial charge on any atom is -0.455 e. The molecule has 1 rings (SSSR count). The molecule has 0 aliphatic heterocycles. The smallest absolute Gasteiger partial charge is 0.339 e. The molecular weight excluding hydrogens is 352 g/mol. The predicted molar refractivity (Wildman–Crippen MR) is 113 cm³/mol. The van der Waals surface area contributed by atoms with Crippen LogP contribution < -0.4 is 0 Å². The van der Waals surface area contributed by atoms with Gasteiger partial charge < -0.3 is 9.47 Å². The van der Waals surface area contributed by atoms with Gasteiger partial charge in [-0.15, -0.1) is 13.2 Å². The molecule has 0 aromatic heterocycles. The van der Waals surface area contributed by atoms with E-state index in [0.717, 1.165) is 25.7 Å². The molecule has 0 fully saturated rings. The maximum Gasteiger partial charge on any atom is 0.339 e. The van der Waals surface area contributed by atoms with E-state index in [-0.39, 0.29) is 11.1 Å². The summed E-state index contributed by atoms with van der Waals surface area (Å²) >= 11 is 0. The lowest BCUT2D eigenvalue weighted by molar-refractivity contribution is 0.0329. The van der Waals surface area contributed by atoms with Gasteiger partial charge in [-0.2, -0.15) is 0 Å². The Hall–Kier alpha value is -2.88. The highest BCUT2D eigenvalue weighted by molar-refractivity contribution is 6.03. The van der Waals surface area contributed by atoms with Gasteiger partial charge in [0.2, 0.25) is 0 Å². The van der Waals surface area contributed by atoms with Crippen molar-refractivity contribution < 1.29 is 19.1 Å². The molecule has 1 aromatic carbocycles. The second kappa shape index (κ2) is 13.3. The molecule has 2 unspecified atom stereocenters. The van der Waals surface area contributed by atoms with Crippen LogP contribution in [0.5, 0.6) is 0 Å². The summed E-state index contributed by atoms with van der Waals surface area (Å²) in [6, 6.07) is 6.49. The summed E-state index contributed by atoms with van der Waals surface area (Å²) in [5.41, 5.74) is 0.356. The SMILES string of the molecule is C=CCCCC(C=C)OC(=O)c1ccccc1C(=O)OC(C=C)CCCC=C. The molecule has 28 heavy (non-hydrogen) atoms. The van der Waals surface area contributed by atoms with E-state index in [1.807, 2.05) is 12.2 Å². The quantitative estimate of drug-likeness (QED) is 0.231. The lowest BCUT2D eigenvalue weighted by Crippen LogP contribution is -2.21. The van der Waals surface area contributed by atoms with Gasteiger partial charge in [0.25, 0.3) is 0 Å². The third-order valence-corrected chi connectivity index (χ3v) is 4.20. The van der Waals surface area contributed by atoms with Crippen molar-refractivity contribution in [1.82, 2.24) is 0 Å². The molecule has 1 aromatic rings. The number of esters is 2. The van der Waals surface area contributed by atoms with Crippen molar-refractivity contribution in [3.8, 4) is 0 Å². The molecule has 0 aliphatic rings. The van der Waals surface area contributed by atoms with E-state index in [9.17, 15) is 9.59 Å². The minimum absolute atomic E-state index is 0.178. The third kappa shape index (κ3) is 7.78. The molecule has 0 spiro atoms. The summed E-state index contributed by atoms with van der Waals surface area (Å²) in [4.78, 5) is 25.2. The standard InChI is InChI=1S/C24H30O4/c1-5-9-11-15-19(7-3)27-23(25)21-17-13-14-18-22(21)24(26)28-20(8-4)16-12-10-6-2/h5-8,13-14,17-20H,1-4,9-12,15-16H2. The highest BCUT2D eigenvalue weighted by atomic mass is 16.5. The van der Waals surface area contributed by atoms with Crippen molar-refractivity contribution in [2.24, 2.45) is 0 Å². The second-order valence-corrected chi connectivity index (χ2v) is 6.34. The number of unbranched alkanes of at least 4 members (excludes halogenated alkanes) is 2. The van der Waals surface area contributed by atoms with E-state index >= 15 is 0 Å². The monoisotopic (exact) mass is 382 g/mol. The van der Waals surface area contributed by atoms with Crippen LogP contribution in [0.25, 0.3) is 0 Å². The molecule has 4 heteroatoms. The molecule has 150 valence electrons. The van der Waals surface area contributed by atoms with Crippen LogP contribution in [0.4, 0.5) is 0 Å². The zero-order valence-electron chi connectivity index (χ0n) is 16.5. The Morgan fingerprint density at radius 1 is 0.786 bits per heavy atom. The highest BCUT2D eigenvalue weighted by Crippen LogP contribution is 2.17. The predicted octanol–water partition coefficient (Wildman–Crippen LogP) is 5.82. The van der Waals surface area contributed by atoms with Gasteiger partial charge in [-0.25, -0.2) is 9.59 Å². The molecule has 2 atom stereocenters. The lowest BCUT2D eigenvalue weighted by atomic mass is 10.1. The fraction of sp³-hybridized carbons (Fsp3) is 0.333. The normalized spacial score (nSPS) is 12.3. The van der Waals surface area contributed by atoms with Gasteiger partial charge in [0.1, 0.15) is 12.2 Å². The summed E-state index contributed by atoms with van der Waals surface area (Å²) in [7, 11) is 0. The van der Waals surface area contributed by atoms with E-state index in [2.05, 4.69) is 26.3 Å². The van der Waals surface area contributed by atoms with Crippen molar-refractivity contribution in [2.45, 2.75) is 50.7 Å². The molecular formula is C24H30O4. The number of ether oxygens (including phenoxy) is 2. The highest BCUT2D eigenvalue weighted by Gasteiger charge is 2.22. The van der Waals surface area contributed by atoms with Gasteiger partial charge in [0, 0.05) is 0 Å². The van der Waals surface area contributed by atoms with Gasteiger partial charge in [0.15, 0.2) is 0 Å². The molecule has 0 radical (unpaired) electrons. The van der Waals surface area contributed by atoms with Gasteiger partial charge in [-0.1, -0.05) is 49.6 Å². The molecule has 0 heterocycles. The van der Waals surface area contributed by atoms with E-state index < -0.39 is 24.1 Å². The number of hydrogen-bond acceptors (Lipinski definition) is 4. The van der Waals surface area contributed by atoms with Crippen molar-refractivity contribution in [3.63, 3.8) is 0 Å². The van der Waals surface area contributed by atoms with Crippen molar-refractivity contribution in [2.75, 3.05) is 0 Å². The molecule has 0 saturated carbocycles. The molecule has 0 aliphatic carbocycles. The number of carbonyl (C=O) groups is 2. The fourth-order valence-electron chi connectivity index (χ4n) is 2.62. The maximum atomic E-state index is 12.6. The number of carbonyl (C=O) groups excluding carboxylic acids is 2. The van der Waals surface area contributed by atoms with Crippen LogP contribution in [0.15, 0.2) is 74.9 Å². The Kier molecular flexibility index (Phi) is 11.0. The summed E-state index contributed by atoms with van der Waals surface area (Å²) in [5, 5.41) is 0. The van der Waals surface area contributed by atoms with Crippen LogP contribution in [0.2, 0.25) is 0 Å². The Morgan fingerprint density at radius 2 is 1.18 bits per heavy atom. The number of hydrogen-bond donors (Lipinski definition) is 0. The molecule has 0 amide bonds. The molecule has 4 nitrogen and oxygen atoms in total. The van der Waals surface area contributed by atoms with Gasteiger partial charge >= 0.3 is 11.9 Å². The molecule has 0 bridgehead atoms. The van der Waals surface area contributed by atoms with E-state index in [4.69, 9.17) is 9.47 Å². The molecule has 0 saturated heterocycles. The van der Waals surface area contributed by atoms with Crippen LogP contribution in [0.1, 0.15) is 59.2 Å². The van der Waals surface area contributed by atoms with Crippen LogP contribution in [0.3, 0.4) is 0 Å². The van der Waals surface area contributed by atoms with E-state index in [1.165, 1.54) is 0 Å². The van der Waals surface area contributed by atoms with Crippen molar-refractivity contribution in [3.05, 3.63) is 86.0 Å². The summed E-state index contributed by atoms with van der Waals surface area (Å²) in [6.45, 7) is 14.8. The maximum absolute atomic E-state index is 12.6. The lowest BCUT2D eigenvalue weighted by Gasteiger charge is -2.17.